The van der Waals surface area contributed by atoms with Gasteiger partial charge in [0.05, 0.1) is 0 Å². The summed E-state index contributed by atoms with van der Waals surface area (Å²) < 4.78 is 6.56. The van der Waals surface area contributed by atoms with Gasteiger partial charge in [0.15, 0.2) is 6.29 Å². The maximum absolute atomic E-state index is 5.68. The van der Waals surface area contributed by atoms with Crippen LogP contribution in [0.4, 0.5) is 0 Å². The zero-order valence-electron chi connectivity index (χ0n) is 7.89. The molecule has 0 amide bonds. The molecule has 0 aromatic heterocycles. The molecule has 72 valence electrons. The first-order valence-electron chi connectivity index (χ1n) is 3.99. The molecule has 1 aliphatic rings. The zero-order valence-corrected chi connectivity index (χ0v) is 10.0. The molecule has 0 spiro atoms. The van der Waals surface area contributed by atoms with Crippen LogP contribution in [0.5, 0.6) is 0 Å². The van der Waals surface area contributed by atoms with E-state index in [0.29, 0.717) is 0 Å². The fourth-order valence-electron chi connectivity index (χ4n) is 0.996. The molecule has 0 aliphatic carbocycles. The van der Waals surface area contributed by atoms with E-state index in [2.05, 4.69) is 22.6 Å². The van der Waals surface area contributed by atoms with Crippen molar-refractivity contribution in [1.29, 1.82) is 0 Å². The van der Waals surface area contributed by atoms with E-state index in [-0.39, 0.29) is 17.5 Å². The van der Waals surface area contributed by atoms with Gasteiger partial charge in [0.25, 0.3) is 0 Å². The van der Waals surface area contributed by atoms with Gasteiger partial charge in [-0.05, 0) is 27.7 Å². The molecule has 2 unspecified atom stereocenters. The summed E-state index contributed by atoms with van der Waals surface area (Å²) in [4.78, 5) is 10.2. The summed E-state index contributed by atoms with van der Waals surface area (Å²) in [5.74, 6) is 0. The van der Waals surface area contributed by atoms with Crippen LogP contribution in [-0.4, -0.2) is 21.9 Å². The minimum Gasteiger partial charge on any atom is -0.340 e. The molecule has 0 N–H and O–H groups in total. The van der Waals surface area contributed by atoms with E-state index in [9.17, 15) is 0 Å². The van der Waals surface area contributed by atoms with Crippen LogP contribution in [-0.2, 0) is 14.5 Å². The van der Waals surface area contributed by atoms with Gasteiger partial charge in [-0.2, -0.15) is 0 Å². The lowest BCUT2D eigenvalue weighted by molar-refractivity contribution is -0.494. The molecule has 4 heteroatoms. The number of rotatable bonds is 1. The highest BCUT2D eigenvalue weighted by Gasteiger charge is 2.48. The number of ether oxygens (including phenoxy) is 1. The highest BCUT2D eigenvalue weighted by Crippen LogP contribution is 2.36. The molecule has 2 atom stereocenters. The Morgan fingerprint density at radius 2 is 1.92 bits per heavy atom. The Morgan fingerprint density at radius 1 is 1.33 bits per heavy atom. The lowest BCUT2D eigenvalue weighted by Gasteiger charge is -2.46. The molecule has 1 saturated heterocycles. The van der Waals surface area contributed by atoms with Crippen molar-refractivity contribution in [2.75, 3.05) is 4.43 Å². The predicted octanol–water partition coefficient (Wildman–Crippen LogP) is 2.28. The standard InChI is InChI=1S/C8H15IO3/c1-6-10-8(4,5-9)7(2,3)12-11-6/h6H,5H2,1-4H3. The van der Waals surface area contributed by atoms with Crippen molar-refractivity contribution < 1.29 is 14.5 Å². The van der Waals surface area contributed by atoms with Crippen LogP contribution >= 0.6 is 22.6 Å². The predicted molar refractivity (Wildman–Crippen MR) is 54.1 cm³/mol. The average molecular weight is 286 g/mol. The van der Waals surface area contributed by atoms with Crippen molar-refractivity contribution in [3.8, 4) is 0 Å². The topological polar surface area (TPSA) is 27.7 Å². The van der Waals surface area contributed by atoms with E-state index in [0.717, 1.165) is 4.43 Å². The number of hydrogen-bond acceptors (Lipinski definition) is 3. The van der Waals surface area contributed by atoms with Crippen molar-refractivity contribution in [2.24, 2.45) is 0 Å². The molecule has 3 nitrogen and oxygen atoms in total. The summed E-state index contributed by atoms with van der Waals surface area (Å²) in [7, 11) is 0. The summed E-state index contributed by atoms with van der Waals surface area (Å²) >= 11 is 2.30. The first-order chi connectivity index (χ1) is 5.41. The smallest absolute Gasteiger partial charge is 0.189 e. The summed E-state index contributed by atoms with van der Waals surface area (Å²) in [5, 5.41) is 0. The third-order valence-corrected chi connectivity index (χ3v) is 3.80. The van der Waals surface area contributed by atoms with Crippen molar-refractivity contribution in [1.82, 2.24) is 0 Å². The second kappa shape index (κ2) is 3.40. The summed E-state index contributed by atoms with van der Waals surface area (Å²) in [6, 6.07) is 0. The zero-order chi connectivity index (χ0) is 9.41. The first kappa shape index (κ1) is 10.7. The van der Waals surface area contributed by atoms with Gasteiger partial charge in [0, 0.05) is 4.43 Å². The SMILES string of the molecule is CC1OOC(C)(C)C(C)(CI)O1. The Hall–Kier alpha value is 0.610. The number of alkyl halides is 1. The van der Waals surface area contributed by atoms with Gasteiger partial charge in [0.2, 0.25) is 0 Å². The quantitative estimate of drug-likeness (QED) is 0.420. The molecule has 0 radical (unpaired) electrons. The molecule has 0 aromatic rings. The third-order valence-electron chi connectivity index (χ3n) is 2.35. The van der Waals surface area contributed by atoms with Gasteiger partial charge in [-0.3, -0.25) is 0 Å². The van der Waals surface area contributed by atoms with Crippen molar-refractivity contribution in [3.05, 3.63) is 0 Å². The lowest BCUT2D eigenvalue weighted by Crippen LogP contribution is -2.58. The van der Waals surface area contributed by atoms with Crippen LogP contribution in [0.15, 0.2) is 0 Å². The van der Waals surface area contributed by atoms with Gasteiger partial charge in [-0.25, -0.2) is 9.78 Å². The van der Waals surface area contributed by atoms with Crippen molar-refractivity contribution >= 4 is 22.6 Å². The van der Waals surface area contributed by atoms with E-state index in [1.165, 1.54) is 0 Å². The first-order valence-corrected chi connectivity index (χ1v) is 5.52. The number of hydrogen-bond donors (Lipinski definition) is 0. The lowest BCUT2D eigenvalue weighted by atomic mass is 9.89. The van der Waals surface area contributed by atoms with E-state index < -0.39 is 0 Å². The Bertz CT molecular complexity index is 172. The highest BCUT2D eigenvalue weighted by molar-refractivity contribution is 14.1. The van der Waals surface area contributed by atoms with E-state index >= 15 is 0 Å². The van der Waals surface area contributed by atoms with Gasteiger partial charge in [0.1, 0.15) is 11.2 Å². The largest absolute Gasteiger partial charge is 0.340 e. The minimum absolute atomic E-state index is 0.273. The molecule has 12 heavy (non-hydrogen) atoms. The third kappa shape index (κ3) is 1.76. The van der Waals surface area contributed by atoms with Crippen LogP contribution in [0.2, 0.25) is 0 Å². The molecule has 0 bridgehead atoms. The van der Waals surface area contributed by atoms with Crippen molar-refractivity contribution in [3.63, 3.8) is 0 Å². The Morgan fingerprint density at radius 3 is 2.33 bits per heavy atom. The molecule has 0 aromatic carbocycles. The fourth-order valence-corrected chi connectivity index (χ4v) is 2.09. The monoisotopic (exact) mass is 286 g/mol. The molecule has 1 fully saturated rings. The molecular weight excluding hydrogens is 271 g/mol. The highest BCUT2D eigenvalue weighted by atomic mass is 127. The molecular formula is C8H15IO3. The Balaban J connectivity index is 2.78. The van der Waals surface area contributed by atoms with Gasteiger partial charge in [-0.15, -0.1) is 0 Å². The maximum Gasteiger partial charge on any atom is 0.189 e. The second-order valence-electron chi connectivity index (χ2n) is 3.74. The normalized spacial score (nSPS) is 41.2. The van der Waals surface area contributed by atoms with E-state index in [4.69, 9.17) is 14.5 Å². The summed E-state index contributed by atoms with van der Waals surface area (Å²) in [6.45, 7) is 7.81. The summed E-state index contributed by atoms with van der Waals surface area (Å²) in [6.07, 6.45) is -0.280. The van der Waals surface area contributed by atoms with Gasteiger partial charge >= 0.3 is 0 Å². The average Bonchev–Trinajstić information content (AvgIpc) is 1.98. The Kier molecular flexibility index (Phi) is 3.03. The van der Waals surface area contributed by atoms with Crippen LogP contribution < -0.4 is 0 Å². The minimum atomic E-state index is -0.388. The van der Waals surface area contributed by atoms with Crippen LogP contribution in [0.1, 0.15) is 27.7 Å². The summed E-state index contributed by atoms with van der Waals surface area (Å²) in [5.41, 5.74) is -0.661. The maximum atomic E-state index is 5.68. The van der Waals surface area contributed by atoms with E-state index in [1.54, 1.807) is 0 Å². The van der Waals surface area contributed by atoms with Gasteiger partial charge < -0.3 is 4.74 Å². The molecule has 0 saturated carbocycles. The number of halogens is 1. The van der Waals surface area contributed by atoms with E-state index in [1.807, 2.05) is 27.7 Å². The molecule has 1 aliphatic heterocycles. The fraction of sp³-hybridized carbons (Fsp3) is 1.00. The second-order valence-corrected chi connectivity index (χ2v) is 4.50. The van der Waals surface area contributed by atoms with Gasteiger partial charge in [-0.1, -0.05) is 22.6 Å². The Labute approximate surface area is 86.8 Å². The van der Waals surface area contributed by atoms with Crippen LogP contribution in [0, 0.1) is 0 Å². The molecule has 1 heterocycles. The van der Waals surface area contributed by atoms with Crippen LogP contribution in [0.25, 0.3) is 0 Å². The molecule has 1 rings (SSSR count). The van der Waals surface area contributed by atoms with Crippen molar-refractivity contribution in [2.45, 2.75) is 45.2 Å². The van der Waals surface area contributed by atoms with Crippen LogP contribution in [0.3, 0.4) is 0 Å².